The lowest BCUT2D eigenvalue weighted by Gasteiger charge is -2.25. The van der Waals surface area contributed by atoms with Crippen LogP contribution in [0.3, 0.4) is 0 Å². The van der Waals surface area contributed by atoms with Gasteiger partial charge >= 0.3 is 0 Å². The minimum absolute atomic E-state index is 0.278. The van der Waals surface area contributed by atoms with Crippen molar-refractivity contribution in [2.75, 3.05) is 7.05 Å². The fourth-order valence-electron chi connectivity index (χ4n) is 2.86. The number of unbranched alkanes of at least 4 members (excludes halogenated alkanes) is 1. The number of nitrogens with one attached hydrogen (secondary N) is 1. The summed E-state index contributed by atoms with van der Waals surface area (Å²) in [6.45, 7) is 2.86. The number of primary amides is 1. The monoisotopic (exact) mass is 278 g/mol. The standard InChI is InChI=1S/C15H26N4O/c1-15(17-2,14(16)20)9-5-6-10-19-11-18-12-7-3-4-8-13(12)19/h11,17H,3-10H2,1-2H3,(H2,16,20). The first-order valence-electron chi connectivity index (χ1n) is 7.58. The number of nitrogens with two attached hydrogens (primary N) is 1. The van der Waals surface area contributed by atoms with E-state index in [-0.39, 0.29) is 5.91 Å². The summed E-state index contributed by atoms with van der Waals surface area (Å²) < 4.78 is 2.29. The molecule has 3 N–H and O–H groups in total. The van der Waals surface area contributed by atoms with Crippen molar-refractivity contribution in [1.82, 2.24) is 14.9 Å². The fourth-order valence-corrected chi connectivity index (χ4v) is 2.86. The SMILES string of the molecule is CNC(C)(CCCCn1cnc2c1CCCC2)C(N)=O. The predicted octanol–water partition coefficient (Wildman–Crippen LogP) is 1.40. The minimum Gasteiger partial charge on any atom is -0.368 e. The number of carbonyl (C=O) groups excluding carboxylic acids is 1. The molecule has 0 saturated carbocycles. The largest absolute Gasteiger partial charge is 0.368 e. The molecule has 1 aliphatic rings. The lowest BCUT2D eigenvalue weighted by Crippen LogP contribution is -2.51. The zero-order valence-electron chi connectivity index (χ0n) is 12.6. The molecule has 0 bridgehead atoms. The molecule has 0 radical (unpaired) electrons. The lowest BCUT2D eigenvalue weighted by molar-refractivity contribution is -0.123. The van der Waals surface area contributed by atoms with E-state index < -0.39 is 5.54 Å². The maximum absolute atomic E-state index is 11.4. The van der Waals surface area contributed by atoms with Crippen molar-refractivity contribution >= 4 is 5.91 Å². The van der Waals surface area contributed by atoms with Crippen LogP contribution in [0.2, 0.25) is 0 Å². The van der Waals surface area contributed by atoms with E-state index in [0.717, 1.165) is 38.6 Å². The van der Waals surface area contributed by atoms with Gasteiger partial charge in [0.25, 0.3) is 0 Å². The quantitative estimate of drug-likeness (QED) is 0.740. The number of hydrogen-bond donors (Lipinski definition) is 2. The van der Waals surface area contributed by atoms with Gasteiger partial charge in [-0.05, 0) is 58.9 Å². The van der Waals surface area contributed by atoms with Crippen molar-refractivity contribution in [3.05, 3.63) is 17.7 Å². The molecular weight excluding hydrogens is 252 g/mol. The van der Waals surface area contributed by atoms with Crippen LogP contribution in [0, 0.1) is 0 Å². The first-order chi connectivity index (χ1) is 9.57. The number of aromatic nitrogens is 2. The van der Waals surface area contributed by atoms with E-state index in [1.807, 2.05) is 13.3 Å². The van der Waals surface area contributed by atoms with E-state index in [2.05, 4.69) is 14.9 Å². The molecule has 1 aliphatic carbocycles. The molecule has 1 unspecified atom stereocenters. The molecule has 1 heterocycles. The molecule has 0 aromatic carbocycles. The Morgan fingerprint density at radius 1 is 1.45 bits per heavy atom. The summed E-state index contributed by atoms with van der Waals surface area (Å²) in [5, 5.41) is 3.03. The van der Waals surface area contributed by atoms with Crippen LogP contribution in [0.15, 0.2) is 6.33 Å². The molecule has 1 atom stereocenters. The molecule has 20 heavy (non-hydrogen) atoms. The Morgan fingerprint density at radius 2 is 2.20 bits per heavy atom. The molecule has 0 saturated heterocycles. The van der Waals surface area contributed by atoms with E-state index in [0.29, 0.717) is 0 Å². The Hall–Kier alpha value is -1.36. The number of likely N-dealkylation sites (N-methyl/N-ethyl adjacent to an activating group) is 1. The van der Waals surface area contributed by atoms with E-state index >= 15 is 0 Å². The molecule has 5 nitrogen and oxygen atoms in total. The summed E-state index contributed by atoms with van der Waals surface area (Å²) in [4.78, 5) is 15.9. The lowest BCUT2D eigenvalue weighted by atomic mass is 9.94. The Labute approximate surface area is 120 Å². The maximum Gasteiger partial charge on any atom is 0.237 e. The number of fused-ring (bicyclic) bond motifs is 1. The molecule has 112 valence electrons. The molecular formula is C15H26N4O. The number of imidazole rings is 1. The Balaban J connectivity index is 1.82. The Morgan fingerprint density at radius 3 is 2.90 bits per heavy atom. The number of aryl methyl sites for hydroxylation is 2. The molecule has 5 heteroatoms. The zero-order valence-corrected chi connectivity index (χ0v) is 12.6. The number of carbonyl (C=O) groups is 1. The van der Waals surface area contributed by atoms with E-state index in [1.165, 1.54) is 24.2 Å². The molecule has 2 rings (SSSR count). The molecule has 0 aliphatic heterocycles. The highest BCUT2D eigenvalue weighted by Crippen LogP contribution is 2.21. The number of nitrogens with zero attached hydrogens (tertiary/aromatic N) is 2. The third-order valence-electron chi connectivity index (χ3n) is 4.53. The summed E-state index contributed by atoms with van der Waals surface area (Å²) in [5.41, 5.74) is 7.55. The van der Waals surface area contributed by atoms with Gasteiger partial charge in [0.15, 0.2) is 0 Å². The highest BCUT2D eigenvalue weighted by Gasteiger charge is 2.27. The summed E-state index contributed by atoms with van der Waals surface area (Å²) in [6, 6.07) is 0. The van der Waals surface area contributed by atoms with Crippen molar-refractivity contribution in [3.8, 4) is 0 Å². The van der Waals surface area contributed by atoms with Gasteiger partial charge in [0, 0.05) is 12.2 Å². The molecule has 0 fully saturated rings. The van der Waals surface area contributed by atoms with E-state index in [9.17, 15) is 4.79 Å². The van der Waals surface area contributed by atoms with E-state index in [1.54, 1.807) is 7.05 Å². The van der Waals surface area contributed by atoms with Crippen LogP contribution in [0.25, 0.3) is 0 Å². The van der Waals surface area contributed by atoms with Gasteiger partial charge in [-0.25, -0.2) is 4.98 Å². The second kappa shape index (κ2) is 6.39. The predicted molar refractivity (Wildman–Crippen MR) is 79.4 cm³/mol. The fraction of sp³-hybridized carbons (Fsp3) is 0.733. The highest BCUT2D eigenvalue weighted by molar-refractivity contribution is 5.84. The third-order valence-corrected chi connectivity index (χ3v) is 4.53. The maximum atomic E-state index is 11.4. The molecule has 1 aromatic rings. The summed E-state index contributed by atoms with van der Waals surface area (Å²) in [5.74, 6) is -0.278. The van der Waals surface area contributed by atoms with E-state index in [4.69, 9.17) is 5.73 Å². The highest BCUT2D eigenvalue weighted by atomic mass is 16.1. The summed E-state index contributed by atoms with van der Waals surface area (Å²) in [6.07, 6.45) is 9.60. The van der Waals surface area contributed by atoms with Crippen LogP contribution >= 0.6 is 0 Å². The van der Waals surface area contributed by atoms with Crippen LogP contribution < -0.4 is 11.1 Å². The van der Waals surface area contributed by atoms with Crippen LogP contribution in [-0.2, 0) is 24.2 Å². The second-order valence-corrected chi connectivity index (χ2v) is 5.94. The third kappa shape index (κ3) is 3.20. The van der Waals surface area contributed by atoms with Crippen molar-refractivity contribution in [2.45, 2.75) is 64.0 Å². The zero-order chi connectivity index (χ0) is 14.6. The second-order valence-electron chi connectivity index (χ2n) is 5.94. The molecule has 1 amide bonds. The van der Waals surface area contributed by atoms with Crippen LogP contribution in [0.4, 0.5) is 0 Å². The average molecular weight is 278 g/mol. The number of rotatable bonds is 7. The van der Waals surface area contributed by atoms with Crippen LogP contribution in [0.1, 0.15) is 50.4 Å². The Kier molecular flexibility index (Phi) is 4.81. The van der Waals surface area contributed by atoms with Crippen molar-refractivity contribution < 1.29 is 4.79 Å². The van der Waals surface area contributed by atoms with Crippen LogP contribution in [-0.4, -0.2) is 28.0 Å². The van der Waals surface area contributed by atoms with Gasteiger partial charge in [-0.2, -0.15) is 0 Å². The van der Waals surface area contributed by atoms with Gasteiger partial charge in [-0.1, -0.05) is 0 Å². The van der Waals surface area contributed by atoms with Gasteiger partial charge in [0.05, 0.1) is 17.6 Å². The normalized spacial score (nSPS) is 17.5. The van der Waals surface area contributed by atoms with Gasteiger partial charge in [0.2, 0.25) is 5.91 Å². The topological polar surface area (TPSA) is 72.9 Å². The van der Waals surface area contributed by atoms with Crippen molar-refractivity contribution in [2.24, 2.45) is 5.73 Å². The van der Waals surface area contributed by atoms with Crippen molar-refractivity contribution in [3.63, 3.8) is 0 Å². The van der Waals surface area contributed by atoms with Gasteiger partial charge in [0.1, 0.15) is 0 Å². The smallest absolute Gasteiger partial charge is 0.237 e. The van der Waals surface area contributed by atoms with Gasteiger partial charge in [-0.15, -0.1) is 0 Å². The minimum atomic E-state index is -0.589. The van der Waals surface area contributed by atoms with Gasteiger partial charge in [-0.3, -0.25) is 4.79 Å². The van der Waals surface area contributed by atoms with Crippen LogP contribution in [0.5, 0.6) is 0 Å². The first-order valence-corrected chi connectivity index (χ1v) is 7.58. The first kappa shape index (κ1) is 15.0. The van der Waals surface area contributed by atoms with Gasteiger partial charge < -0.3 is 15.6 Å². The number of amides is 1. The Bertz CT molecular complexity index is 468. The van der Waals surface area contributed by atoms with Crippen molar-refractivity contribution in [1.29, 1.82) is 0 Å². The molecule has 1 aromatic heterocycles. The molecule has 0 spiro atoms. The summed E-state index contributed by atoms with van der Waals surface area (Å²) in [7, 11) is 1.79. The average Bonchev–Trinajstić information content (AvgIpc) is 2.86. The summed E-state index contributed by atoms with van der Waals surface area (Å²) >= 11 is 0. The number of hydrogen-bond acceptors (Lipinski definition) is 3.